The number of hydrogen-bond acceptors (Lipinski definition) is 7. The first-order valence-corrected chi connectivity index (χ1v) is 9.90. The fourth-order valence-corrected chi connectivity index (χ4v) is 4.36. The van der Waals surface area contributed by atoms with Crippen molar-refractivity contribution >= 4 is 17.5 Å². The van der Waals surface area contributed by atoms with Gasteiger partial charge in [-0.3, -0.25) is 4.79 Å². The van der Waals surface area contributed by atoms with Crippen LogP contribution in [0.5, 0.6) is 0 Å². The van der Waals surface area contributed by atoms with E-state index in [9.17, 15) is 4.79 Å². The van der Waals surface area contributed by atoms with Gasteiger partial charge in [-0.25, -0.2) is 4.98 Å². The maximum Gasteiger partial charge on any atom is 0.254 e. The van der Waals surface area contributed by atoms with Crippen molar-refractivity contribution in [1.29, 1.82) is 0 Å². The van der Waals surface area contributed by atoms with Crippen LogP contribution in [0.25, 0.3) is 5.78 Å². The van der Waals surface area contributed by atoms with Gasteiger partial charge in [0.15, 0.2) is 0 Å². The van der Waals surface area contributed by atoms with E-state index in [1.54, 1.807) is 4.52 Å². The number of anilines is 1. The highest BCUT2D eigenvalue weighted by molar-refractivity contribution is 5.89. The number of carbonyl (C=O) groups excluding carboxylic acids is 1. The predicted molar refractivity (Wildman–Crippen MR) is 105 cm³/mol. The number of piperazine rings is 1. The van der Waals surface area contributed by atoms with Gasteiger partial charge in [0.1, 0.15) is 17.7 Å². The molecular weight excluding hydrogens is 358 g/mol. The van der Waals surface area contributed by atoms with Crippen molar-refractivity contribution in [2.45, 2.75) is 45.8 Å². The van der Waals surface area contributed by atoms with Gasteiger partial charge in [0.05, 0.1) is 6.10 Å². The molecule has 1 saturated heterocycles. The van der Waals surface area contributed by atoms with Gasteiger partial charge in [0.25, 0.3) is 5.78 Å². The van der Waals surface area contributed by atoms with Crippen molar-refractivity contribution < 1.29 is 9.53 Å². The number of hydrogen-bond donors (Lipinski definition) is 1. The summed E-state index contributed by atoms with van der Waals surface area (Å²) in [7, 11) is 0. The molecule has 1 saturated carbocycles. The third-order valence-electron chi connectivity index (χ3n) is 6.46. The van der Waals surface area contributed by atoms with Crippen molar-refractivity contribution in [3.8, 4) is 0 Å². The van der Waals surface area contributed by atoms with Crippen LogP contribution >= 0.6 is 0 Å². The van der Waals surface area contributed by atoms with E-state index in [1.165, 1.54) is 6.33 Å². The first-order chi connectivity index (χ1) is 13.3. The maximum absolute atomic E-state index is 13.2. The van der Waals surface area contributed by atoms with Crippen molar-refractivity contribution in [2.24, 2.45) is 11.1 Å². The van der Waals surface area contributed by atoms with Gasteiger partial charge in [-0.05, 0) is 13.8 Å². The number of carbonyl (C=O) groups is 1. The average molecular weight is 387 g/mol. The highest BCUT2D eigenvalue weighted by Crippen LogP contribution is 2.50. The Morgan fingerprint density at radius 1 is 1.32 bits per heavy atom. The summed E-state index contributed by atoms with van der Waals surface area (Å²) in [5, 5.41) is 4.28. The Bertz CT molecular complexity index is 888. The Hall–Kier alpha value is -2.26. The second-order valence-corrected chi connectivity index (χ2v) is 8.35. The summed E-state index contributed by atoms with van der Waals surface area (Å²) in [4.78, 5) is 25.9. The smallest absolute Gasteiger partial charge is 0.254 e. The molecule has 2 fully saturated rings. The molecule has 3 heterocycles. The van der Waals surface area contributed by atoms with Gasteiger partial charge in [0.2, 0.25) is 5.91 Å². The molecule has 9 nitrogen and oxygen atoms in total. The molecule has 1 aliphatic carbocycles. The number of rotatable bonds is 4. The molecule has 152 valence electrons. The van der Waals surface area contributed by atoms with Crippen molar-refractivity contribution in [3.63, 3.8) is 0 Å². The first kappa shape index (κ1) is 19.1. The van der Waals surface area contributed by atoms with Crippen molar-refractivity contribution in [1.82, 2.24) is 24.5 Å². The summed E-state index contributed by atoms with van der Waals surface area (Å²) in [6.07, 6.45) is 2.13. The van der Waals surface area contributed by atoms with Crippen LogP contribution in [0.15, 0.2) is 12.4 Å². The van der Waals surface area contributed by atoms with Gasteiger partial charge in [0, 0.05) is 56.4 Å². The van der Waals surface area contributed by atoms with Crippen LogP contribution in [0.4, 0.5) is 5.82 Å². The van der Waals surface area contributed by atoms with Gasteiger partial charge in [-0.1, -0.05) is 13.8 Å². The van der Waals surface area contributed by atoms with E-state index in [0.717, 1.165) is 24.6 Å². The molecule has 1 amide bonds. The molecular formula is C19H29N7O2. The quantitative estimate of drug-likeness (QED) is 0.820. The lowest BCUT2D eigenvalue weighted by Crippen LogP contribution is -2.76. The van der Waals surface area contributed by atoms with E-state index in [-0.39, 0.29) is 17.4 Å². The Morgan fingerprint density at radius 2 is 2.04 bits per heavy atom. The number of nitrogens with zero attached hydrogens (tertiary/aromatic N) is 6. The first-order valence-electron chi connectivity index (χ1n) is 9.90. The van der Waals surface area contributed by atoms with E-state index in [2.05, 4.69) is 20.0 Å². The Labute approximate surface area is 164 Å². The second kappa shape index (κ2) is 6.66. The zero-order chi connectivity index (χ0) is 20.1. The summed E-state index contributed by atoms with van der Waals surface area (Å²) in [5.41, 5.74) is 6.25. The van der Waals surface area contributed by atoms with Gasteiger partial charge >= 0.3 is 0 Å². The summed E-state index contributed by atoms with van der Waals surface area (Å²) < 4.78 is 7.51. The lowest BCUT2D eigenvalue weighted by atomic mass is 9.54. The van der Waals surface area contributed by atoms with Crippen molar-refractivity contribution in [2.75, 3.05) is 37.7 Å². The van der Waals surface area contributed by atoms with Crippen LogP contribution in [0.2, 0.25) is 0 Å². The van der Waals surface area contributed by atoms with E-state index in [0.29, 0.717) is 31.9 Å². The number of aromatic nitrogens is 4. The monoisotopic (exact) mass is 387 g/mol. The topological polar surface area (TPSA) is 102 Å². The normalized spacial score (nSPS) is 27.1. The van der Waals surface area contributed by atoms with Gasteiger partial charge in [-0.2, -0.15) is 14.6 Å². The third-order valence-corrected chi connectivity index (χ3v) is 6.46. The van der Waals surface area contributed by atoms with Crippen molar-refractivity contribution in [3.05, 3.63) is 18.1 Å². The number of nitrogens with two attached hydrogens (primary N) is 1. The van der Waals surface area contributed by atoms with E-state index in [4.69, 9.17) is 10.5 Å². The molecule has 0 spiro atoms. The molecule has 2 aliphatic rings. The Kier molecular flexibility index (Phi) is 4.54. The maximum atomic E-state index is 13.2. The summed E-state index contributed by atoms with van der Waals surface area (Å²) >= 11 is 0. The van der Waals surface area contributed by atoms with E-state index in [1.807, 2.05) is 38.7 Å². The minimum Gasteiger partial charge on any atom is -0.378 e. The fraction of sp³-hybridized carbons (Fsp3) is 0.684. The standard InChI is InChI=1S/C19H29N7O2/c1-5-28-14-11-19(20,18(14,3)4)16(27)25-8-6-24(7-9-25)15-10-13(2)23-17-21-12-22-26(15)17/h10,12,14H,5-9,11,20H2,1-4H3. The van der Waals surface area contributed by atoms with Gasteiger partial charge in [-0.15, -0.1) is 0 Å². The van der Waals surface area contributed by atoms with Crippen LogP contribution in [0.3, 0.4) is 0 Å². The molecule has 0 aromatic carbocycles. The highest BCUT2D eigenvalue weighted by Gasteiger charge is 2.63. The lowest BCUT2D eigenvalue weighted by molar-refractivity contribution is -0.179. The molecule has 0 bridgehead atoms. The molecule has 2 aromatic rings. The number of ether oxygens (including phenoxy) is 1. The summed E-state index contributed by atoms with van der Waals surface area (Å²) in [6, 6.07) is 2.01. The Morgan fingerprint density at radius 3 is 2.68 bits per heavy atom. The average Bonchev–Trinajstić information content (AvgIpc) is 3.15. The van der Waals surface area contributed by atoms with Crippen LogP contribution < -0.4 is 10.6 Å². The molecule has 2 aromatic heterocycles. The van der Waals surface area contributed by atoms with E-state index >= 15 is 0 Å². The van der Waals surface area contributed by atoms with E-state index < -0.39 is 5.54 Å². The third kappa shape index (κ3) is 2.76. The molecule has 4 rings (SSSR count). The summed E-state index contributed by atoms with van der Waals surface area (Å²) in [6.45, 7) is 11.3. The summed E-state index contributed by atoms with van der Waals surface area (Å²) in [5.74, 6) is 1.58. The number of fused-ring (bicyclic) bond motifs is 1. The molecule has 0 radical (unpaired) electrons. The zero-order valence-electron chi connectivity index (χ0n) is 17.1. The second-order valence-electron chi connectivity index (χ2n) is 8.35. The molecule has 9 heteroatoms. The molecule has 28 heavy (non-hydrogen) atoms. The number of amides is 1. The lowest BCUT2D eigenvalue weighted by Gasteiger charge is -2.59. The van der Waals surface area contributed by atoms with Crippen LogP contribution in [0.1, 0.15) is 32.9 Å². The minimum absolute atomic E-state index is 0.0323. The fourth-order valence-electron chi connectivity index (χ4n) is 4.36. The molecule has 1 aliphatic heterocycles. The SMILES string of the molecule is CCOC1CC(N)(C(=O)N2CCN(c3cc(C)nc4ncnn34)CC2)C1(C)C. The van der Waals surface area contributed by atoms with Gasteiger partial charge < -0.3 is 20.3 Å². The van der Waals surface area contributed by atoms with Crippen LogP contribution in [-0.2, 0) is 9.53 Å². The Balaban J connectivity index is 1.46. The molecule has 2 unspecified atom stereocenters. The zero-order valence-corrected chi connectivity index (χ0v) is 17.1. The highest BCUT2D eigenvalue weighted by atomic mass is 16.5. The molecule has 2 N–H and O–H groups in total. The number of aryl methyl sites for hydroxylation is 1. The predicted octanol–water partition coefficient (Wildman–Crippen LogP) is 0.614. The minimum atomic E-state index is -0.860. The molecule has 2 atom stereocenters. The van der Waals surface area contributed by atoms with Crippen LogP contribution in [-0.4, -0.2) is 74.8 Å². The largest absolute Gasteiger partial charge is 0.378 e. The van der Waals surface area contributed by atoms with Crippen LogP contribution in [0, 0.1) is 12.3 Å².